The Balaban J connectivity index is 1.87. The highest BCUT2D eigenvalue weighted by Gasteiger charge is 2.21. The molecule has 1 aromatic heterocycles. The van der Waals surface area contributed by atoms with E-state index < -0.39 is 0 Å². The molecule has 0 saturated carbocycles. The lowest BCUT2D eigenvalue weighted by Crippen LogP contribution is -2.16. The Morgan fingerprint density at radius 3 is 2.09 bits per heavy atom. The maximum atomic E-state index is 5.24. The van der Waals surface area contributed by atoms with Crippen LogP contribution in [0.5, 0.6) is 0 Å². The zero-order chi connectivity index (χ0) is 25.4. The van der Waals surface area contributed by atoms with Crippen LogP contribution < -0.4 is 5.32 Å². The molecule has 3 nitrogen and oxygen atoms in total. The summed E-state index contributed by atoms with van der Waals surface area (Å²) >= 11 is 0. The van der Waals surface area contributed by atoms with Crippen molar-refractivity contribution in [3.8, 4) is 11.4 Å². The van der Waals surface area contributed by atoms with Crippen LogP contribution in [0.15, 0.2) is 60.7 Å². The van der Waals surface area contributed by atoms with Crippen molar-refractivity contribution in [2.75, 3.05) is 5.32 Å². The lowest BCUT2D eigenvalue weighted by Gasteiger charge is -2.26. The first kappa shape index (κ1) is 25.0. The molecule has 3 heteroatoms. The molecule has 35 heavy (non-hydrogen) atoms. The van der Waals surface area contributed by atoms with Crippen LogP contribution in [0, 0.1) is 6.92 Å². The van der Waals surface area contributed by atoms with Crippen LogP contribution in [0.2, 0.25) is 0 Å². The van der Waals surface area contributed by atoms with Crippen molar-refractivity contribution in [3.63, 3.8) is 0 Å². The first-order chi connectivity index (χ1) is 16.5. The van der Waals surface area contributed by atoms with E-state index in [2.05, 4.69) is 126 Å². The smallest absolute Gasteiger partial charge is 0.141 e. The van der Waals surface area contributed by atoms with Crippen molar-refractivity contribution >= 4 is 22.4 Å². The lowest BCUT2D eigenvalue weighted by molar-refractivity contribution is 0.569. The highest BCUT2D eigenvalue weighted by Crippen LogP contribution is 2.36. The Labute approximate surface area is 211 Å². The predicted molar refractivity (Wildman–Crippen MR) is 152 cm³/mol. The third kappa shape index (κ3) is 5.29. The maximum Gasteiger partial charge on any atom is 0.141 e. The molecule has 0 atom stereocenters. The van der Waals surface area contributed by atoms with E-state index in [0.29, 0.717) is 0 Å². The number of unbranched alkanes of at least 4 members (excludes halogenated alkanes) is 1. The number of aryl methyl sites for hydroxylation is 2. The van der Waals surface area contributed by atoms with Gasteiger partial charge in [0.1, 0.15) is 11.3 Å². The van der Waals surface area contributed by atoms with Gasteiger partial charge in [0.2, 0.25) is 0 Å². The van der Waals surface area contributed by atoms with Gasteiger partial charge in [-0.2, -0.15) is 0 Å². The number of anilines is 2. The van der Waals surface area contributed by atoms with Gasteiger partial charge in [-0.1, -0.05) is 91.3 Å². The molecule has 0 aliphatic carbocycles. The van der Waals surface area contributed by atoms with Gasteiger partial charge in [-0.15, -0.1) is 0 Å². The fourth-order valence-electron chi connectivity index (χ4n) is 4.54. The van der Waals surface area contributed by atoms with Gasteiger partial charge in [0.15, 0.2) is 0 Å². The van der Waals surface area contributed by atoms with Crippen LogP contribution in [0.25, 0.3) is 22.4 Å². The number of nitrogens with zero attached hydrogens (tertiary/aromatic N) is 2. The minimum absolute atomic E-state index is 0.0729. The molecule has 0 fully saturated rings. The second-order valence-corrected chi connectivity index (χ2v) is 11.9. The Bertz CT molecular complexity index is 1300. The summed E-state index contributed by atoms with van der Waals surface area (Å²) in [6, 6.07) is 22.0. The van der Waals surface area contributed by atoms with Crippen LogP contribution in [0.1, 0.15) is 78.0 Å². The van der Waals surface area contributed by atoms with Gasteiger partial charge in [0.25, 0.3) is 0 Å². The van der Waals surface area contributed by atoms with Gasteiger partial charge >= 0.3 is 0 Å². The molecule has 184 valence electrons. The minimum atomic E-state index is 0.0729. The number of hydrogen-bond donors (Lipinski definition) is 1. The molecule has 3 aromatic carbocycles. The number of para-hydroxylation sites is 1. The summed E-state index contributed by atoms with van der Waals surface area (Å²) in [6.07, 6.45) is 2.28. The second kappa shape index (κ2) is 9.53. The van der Waals surface area contributed by atoms with Gasteiger partial charge in [0, 0.05) is 17.8 Å². The number of imidazole rings is 1. The summed E-state index contributed by atoms with van der Waals surface area (Å²) in [7, 11) is 0. The van der Waals surface area contributed by atoms with Gasteiger partial charge in [-0.3, -0.25) is 0 Å². The first-order valence-corrected chi connectivity index (χ1v) is 13.0. The predicted octanol–water partition coefficient (Wildman–Crippen LogP) is 9.15. The summed E-state index contributed by atoms with van der Waals surface area (Å²) in [5.41, 5.74) is 9.67. The van der Waals surface area contributed by atoms with E-state index in [9.17, 15) is 0 Å². The van der Waals surface area contributed by atoms with E-state index in [0.717, 1.165) is 42.1 Å². The highest BCUT2D eigenvalue weighted by molar-refractivity contribution is 5.93. The van der Waals surface area contributed by atoms with E-state index >= 15 is 0 Å². The molecule has 4 aromatic rings. The first-order valence-electron chi connectivity index (χ1n) is 13.0. The third-order valence-electron chi connectivity index (χ3n) is 6.84. The van der Waals surface area contributed by atoms with Crippen molar-refractivity contribution in [2.45, 2.75) is 85.6 Å². The van der Waals surface area contributed by atoms with Gasteiger partial charge in [0.05, 0.1) is 11.2 Å². The Morgan fingerprint density at radius 2 is 1.49 bits per heavy atom. The Morgan fingerprint density at radius 1 is 0.829 bits per heavy atom. The van der Waals surface area contributed by atoms with Gasteiger partial charge < -0.3 is 9.88 Å². The molecule has 0 saturated heterocycles. The molecule has 1 heterocycles. The zero-order valence-corrected chi connectivity index (χ0v) is 22.8. The van der Waals surface area contributed by atoms with Gasteiger partial charge in [-0.05, 0) is 65.1 Å². The van der Waals surface area contributed by atoms with E-state index in [1.807, 2.05) is 0 Å². The van der Waals surface area contributed by atoms with E-state index in [-0.39, 0.29) is 10.8 Å². The highest BCUT2D eigenvalue weighted by atomic mass is 15.1. The zero-order valence-electron chi connectivity index (χ0n) is 22.8. The van der Waals surface area contributed by atoms with E-state index in [1.54, 1.807) is 0 Å². The normalized spacial score (nSPS) is 12.3. The molecule has 0 bridgehead atoms. The summed E-state index contributed by atoms with van der Waals surface area (Å²) in [5.74, 6) is 1.06. The monoisotopic (exact) mass is 467 g/mol. The van der Waals surface area contributed by atoms with Gasteiger partial charge in [-0.25, -0.2) is 4.98 Å². The summed E-state index contributed by atoms with van der Waals surface area (Å²) in [4.78, 5) is 5.24. The molecule has 4 rings (SSSR count). The molecule has 0 radical (unpaired) electrons. The SMILES string of the molecule is CCCCn1c(-c2ccccc2C)nc2c(Nc3cc(C(C)(C)C)cc(C(C)(C)C)c3)cccc21. The summed E-state index contributed by atoms with van der Waals surface area (Å²) < 4.78 is 2.40. The molecule has 0 amide bonds. The standard InChI is InChI=1S/C32H41N3/c1-9-10-18-35-28-17-13-16-27(29(28)34-30(35)26-15-12-11-14-22(26)2)33-25-20-23(31(3,4)5)19-24(21-25)32(6,7)8/h11-17,19-21,33H,9-10,18H2,1-8H3. The fraction of sp³-hybridized carbons (Fsp3) is 0.406. The number of benzene rings is 3. The number of aromatic nitrogens is 2. The molecular weight excluding hydrogens is 426 g/mol. The molecular formula is C32H41N3. The van der Waals surface area contributed by atoms with Crippen LogP contribution in [0.3, 0.4) is 0 Å². The Kier molecular flexibility index (Phi) is 6.81. The topological polar surface area (TPSA) is 29.9 Å². The van der Waals surface area contributed by atoms with Crippen molar-refractivity contribution in [2.24, 2.45) is 0 Å². The molecule has 1 N–H and O–H groups in total. The second-order valence-electron chi connectivity index (χ2n) is 11.9. The van der Waals surface area contributed by atoms with Crippen LogP contribution in [-0.4, -0.2) is 9.55 Å². The summed E-state index contributed by atoms with van der Waals surface area (Å²) in [5, 5.41) is 3.76. The van der Waals surface area contributed by atoms with E-state index in [1.165, 1.54) is 27.8 Å². The quantitative estimate of drug-likeness (QED) is 0.306. The van der Waals surface area contributed by atoms with Crippen LogP contribution in [0.4, 0.5) is 11.4 Å². The number of rotatable bonds is 6. The minimum Gasteiger partial charge on any atom is -0.354 e. The number of nitrogens with one attached hydrogen (secondary N) is 1. The van der Waals surface area contributed by atoms with Crippen molar-refractivity contribution < 1.29 is 0 Å². The molecule has 0 aliphatic heterocycles. The molecule has 0 unspecified atom stereocenters. The van der Waals surface area contributed by atoms with E-state index in [4.69, 9.17) is 4.98 Å². The van der Waals surface area contributed by atoms with Crippen LogP contribution in [-0.2, 0) is 17.4 Å². The molecule has 0 aliphatic rings. The maximum absolute atomic E-state index is 5.24. The van der Waals surface area contributed by atoms with Crippen molar-refractivity contribution in [3.05, 3.63) is 77.4 Å². The average molecular weight is 468 g/mol. The Hall–Kier alpha value is -3.07. The molecule has 0 spiro atoms. The lowest BCUT2D eigenvalue weighted by atomic mass is 9.80. The van der Waals surface area contributed by atoms with Crippen LogP contribution >= 0.6 is 0 Å². The largest absolute Gasteiger partial charge is 0.354 e. The van der Waals surface area contributed by atoms with Crippen molar-refractivity contribution in [1.82, 2.24) is 9.55 Å². The third-order valence-corrected chi connectivity index (χ3v) is 6.84. The number of fused-ring (bicyclic) bond motifs is 1. The van der Waals surface area contributed by atoms with Crippen molar-refractivity contribution in [1.29, 1.82) is 0 Å². The fourth-order valence-corrected chi connectivity index (χ4v) is 4.54. The number of hydrogen-bond acceptors (Lipinski definition) is 2. The summed E-state index contributed by atoms with van der Waals surface area (Å²) in [6.45, 7) is 19.1. The average Bonchev–Trinajstić information content (AvgIpc) is 3.16.